The summed E-state index contributed by atoms with van der Waals surface area (Å²) in [5.41, 5.74) is 0.628. The molecule has 1 fully saturated rings. The average Bonchev–Trinajstić information content (AvgIpc) is 3.28. The molecule has 142 valence electrons. The van der Waals surface area contributed by atoms with Gasteiger partial charge in [-0.25, -0.2) is 9.37 Å². The van der Waals surface area contributed by atoms with E-state index in [2.05, 4.69) is 15.4 Å². The van der Waals surface area contributed by atoms with Gasteiger partial charge in [0.25, 0.3) is 0 Å². The van der Waals surface area contributed by atoms with Crippen LogP contribution in [-0.4, -0.2) is 45.8 Å². The molecule has 1 aromatic heterocycles. The molecule has 1 N–H and O–H groups in total. The van der Waals surface area contributed by atoms with Gasteiger partial charge in [-0.3, -0.25) is 9.67 Å². The van der Waals surface area contributed by atoms with Gasteiger partial charge in [0.05, 0.1) is 13.1 Å². The van der Waals surface area contributed by atoms with Crippen LogP contribution >= 0.6 is 24.0 Å². The molecule has 1 aromatic carbocycles. The zero-order valence-corrected chi connectivity index (χ0v) is 17.8. The first-order chi connectivity index (χ1) is 12.1. The number of hydrogen-bond donors (Lipinski definition) is 1. The molecule has 0 amide bonds. The van der Waals surface area contributed by atoms with Crippen LogP contribution in [0.5, 0.6) is 0 Å². The van der Waals surface area contributed by atoms with Crippen LogP contribution in [0.4, 0.5) is 4.39 Å². The Morgan fingerprint density at radius 1 is 1.38 bits per heavy atom. The van der Waals surface area contributed by atoms with E-state index in [4.69, 9.17) is 4.99 Å². The lowest BCUT2D eigenvalue weighted by molar-refractivity contribution is 0.446. The number of aliphatic imine (C=N–C) groups is 1. The van der Waals surface area contributed by atoms with Crippen LogP contribution < -0.4 is 5.32 Å². The number of aromatic nitrogens is 3. The number of halogens is 2. The number of aryl methyl sites for hydroxylation is 1. The highest BCUT2D eigenvalue weighted by atomic mass is 127. The Morgan fingerprint density at radius 2 is 2.12 bits per heavy atom. The molecule has 1 heterocycles. The highest BCUT2D eigenvalue weighted by molar-refractivity contribution is 14.0. The van der Waals surface area contributed by atoms with Gasteiger partial charge in [-0.15, -0.1) is 24.0 Å². The Morgan fingerprint density at radius 3 is 2.69 bits per heavy atom. The third kappa shape index (κ3) is 4.52. The molecule has 1 saturated carbocycles. The summed E-state index contributed by atoms with van der Waals surface area (Å²) in [4.78, 5) is 11.1. The van der Waals surface area contributed by atoms with Gasteiger partial charge < -0.3 is 10.2 Å². The number of hydrogen-bond acceptors (Lipinski definition) is 3. The van der Waals surface area contributed by atoms with E-state index in [1.807, 2.05) is 38.1 Å². The second kappa shape index (κ2) is 8.79. The van der Waals surface area contributed by atoms with E-state index in [0.29, 0.717) is 13.1 Å². The second-order valence-corrected chi connectivity index (χ2v) is 6.59. The SMILES string of the molecule is CCNC(=NCC1(c2ccccc2F)CC1)N(C)Cc1ncnn1C.I. The number of benzene rings is 1. The van der Waals surface area contributed by atoms with Gasteiger partial charge in [0.15, 0.2) is 5.96 Å². The van der Waals surface area contributed by atoms with Gasteiger partial charge in [0.2, 0.25) is 0 Å². The fourth-order valence-electron chi connectivity index (χ4n) is 3.00. The van der Waals surface area contributed by atoms with Crippen LogP contribution in [-0.2, 0) is 19.0 Å². The number of nitrogens with one attached hydrogen (secondary N) is 1. The lowest BCUT2D eigenvalue weighted by atomic mass is 9.95. The summed E-state index contributed by atoms with van der Waals surface area (Å²) in [6, 6.07) is 7.04. The molecule has 26 heavy (non-hydrogen) atoms. The first kappa shape index (κ1) is 20.6. The molecule has 0 atom stereocenters. The van der Waals surface area contributed by atoms with Crippen molar-refractivity contribution in [3.63, 3.8) is 0 Å². The maximum absolute atomic E-state index is 14.2. The highest BCUT2D eigenvalue weighted by Gasteiger charge is 2.45. The normalized spacial score (nSPS) is 15.3. The molecule has 0 radical (unpaired) electrons. The monoisotopic (exact) mass is 472 g/mol. The lowest BCUT2D eigenvalue weighted by Crippen LogP contribution is -2.39. The largest absolute Gasteiger partial charge is 0.357 e. The van der Waals surface area contributed by atoms with E-state index in [-0.39, 0.29) is 35.2 Å². The molecule has 0 spiro atoms. The molecule has 8 heteroatoms. The molecule has 0 aliphatic heterocycles. The van der Waals surface area contributed by atoms with E-state index < -0.39 is 0 Å². The Bertz CT molecular complexity index is 756. The first-order valence-corrected chi connectivity index (χ1v) is 8.63. The van der Waals surface area contributed by atoms with E-state index >= 15 is 0 Å². The third-order valence-corrected chi connectivity index (χ3v) is 4.71. The van der Waals surface area contributed by atoms with Gasteiger partial charge in [0, 0.05) is 26.1 Å². The minimum Gasteiger partial charge on any atom is -0.357 e. The van der Waals surface area contributed by atoms with Crippen molar-refractivity contribution in [2.24, 2.45) is 12.0 Å². The number of nitrogens with zero attached hydrogens (tertiary/aromatic N) is 5. The smallest absolute Gasteiger partial charge is 0.194 e. The van der Waals surface area contributed by atoms with E-state index in [0.717, 1.165) is 36.7 Å². The molecular weight excluding hydrogens is 446 g/mol. The van der Waals surface area contributed by atoms with E-state index in [9.17, 15) is 4.39 Å². The van der Waals surface area contributed by atoms with Gasteiger partial charge in [0.1, 0.15) is 18.0 Å². The van der Waals surface area contributed by atoms with Crippen LogP contribution in [0.25, 0.3) is 0 Å². The minimum absolute atomic E-state index is 0. The maximum Gasteiger partial charge on any atom is 0.194 e. The molecule has 1 aliphatic carbocycles. The standard InChI is InChI=1S/C18H25FN6.HI/c1-4-20-17(24(2)11-16-22-13-23-25(16)3)21-12-18(9-10-18)14-7-5-6-8-15(14)19;/h5-8,13H,4,9-12H2,1-3H3,(H,20,21);1H. The highest BCUT2D eigenvalue weighted by Crippen LogP contribution is 2.49. The minimum atomic E-state index is -0.155. The average molecular weight is 472 g/mol. The molecular formula is C18H26FIN6. The summed E-state index contributed by atoms with van der Waals surface area (Å²) in [6.07, 6.45) is 3.50. The van der Waals surface area contributed by atoms with Crippen molar-refractivity contribution in [2.75, 3.05) is 20.1 Å². The van der Waals surface area contributed by atoms with Crippen molar-refractivity contribution in [3.05, 3.63) is 47.8 Å². The zero-order chi connectivity index (χ0) is 17.9. The van der Waals surface area contributed by atoms with Gasteiger partial charge >= 0.3 is 0 Å². The van der Waals surface area contributed by atoms with Gasteiger partial charge in [-0.1, -0.05) is 18.2 Å². The fraction of sp³-hybridized carbons (Fsp3) is 0.500. The molecule has 0 unspecified atom stereocenters. The lowest BCUT2D eigenvalue weighted by Gasteiger charge is -2.23. The molecule has 2 aromatic rings. The maximum atomic E-state index is 14.2. The van der Waals surface area contributed by atoms with Crippen molar-refractivity contribution in [3.8, 4) is 0 Å². The molecule has 6 nitrogen and oxygen atoms in total. The Labute approximate surface area is 170 Å². The predicted octanol–water partition coefficient (Wildman–Crippen LogP) is 2.70. The first-order valence-electron chi connectivity index (χ1n) is 8.63. The summed E-state index contributed by atoms with van der Waals surface area (Å²) < 4.78 is 15.9. The topological polar surface area (TPSA) is 58.3 Å². The Balaban J connectivity index is 0.00000243. The van der Waals surface area contributed by atoms with Gasteiger partial charge in [-0.05, 0) is 31.4 Å². The number of guanidine groups is 1. The van der Waals surface area contributed by atoms with Crippen molar-refractivity contribution in [1.29, 1.82) is 0 Å². The number of rotatable bonds is 6. The zero-order valence-electron chi connectivity index (χ0n) is 15.4. The summed E-state index contributed by atoms with van der Waals surface area (Å²) >= 11 is 0. The predicted molar refractivity (Wildman–Crippen MR) is 111 cm³/mol. The quantitative estimate of drug-likeness (QED) is 0.399. The van der Waals surface area contributed by atoms with E-state index in [1.165, 1.54) is 6.07 Å². The Hall–Kier alpha value is -1.71. The van der Waals surface area contributed by atoms with Crippen LogP contribution in [0.3, 0.4) is 0 Å². The van der Waals surface area contributed by atoms with Crippen LogP contribution in [0.15, 0.2) is 35.6 Å². The van der Waals surface area contributed by atoms with Crippen LogP contribution in [0, 0.1) is 5.82 Å². The Kier molecular flexibility index (Phi) is 6.96. The summed E-state index contributed by atoms with van der Waals surface area (Å²) in [7, 11) is 3.84. The van der Waals surface area contributed by atoms with Crippen molar-refractivity contribution in [1.82, 2.24) is 25.0 Å². The summed E-state index contributed by atoms with van der Waals surface area (Å²) in [5, 5.41) is 7.40. The van der Waals surface area contributed by atoms with Crippen LogP contribution in [0.2, 0.25) is 0 Å². The van der Waals surface area contributed by atoms with Crippen molar-refractivity contribution in [2.45, 2.75) is 31.7 Å². The second-order valence-electron chi connectivity index (χ2n) is 6.59. The molecule has 1 aliphatic rings. The third-order valence-electron chi connectivity index (χ3n) is 4.71. The summed E-state index contributed by atoms with van der Waals surface area (Å²) in [5.74, 6) is 1.53. The summed E-state index contributed by atoms with van der Waals surface area (Å²) in [6.45, 7) is 4.00. The molecule has 3 rings (SSSR count). The van der Waals surface area contributed by atoms with Crippen LogP contribution in [0.1, 0.15) is 31.2 Å². The fourth-order valence-corrected chi connectivity index (χ4v) is 3.00. The molecule has 0 saturated heterocycles. The van der Waals surface area contributed by atoms with Crippen molar-refractivity contribution < 1.29 is 4.39 Å². The van der Waals surface area contributed by atoms with Gasteiger partial charge in [-0.2, -0.15) is 5.10 Å². The van der Waals surface area contributed by atoms with Crippen molar-refractivity contribution >= 4 is 29.9 Å². The molecule has 0 bridgehead atoms. The van der Waals surface area contributed by atoms with E-state index in [1.54, 1.807) is 17.1 Å².